The molecule has 0 aromatic heterocycles. The van der Waals surface area contributed by atoms with Gasteiger partial charge in [-0.1, -0.05) is 32.0 Å². The Morgan fingerprint density at radius 1 is 1.04 bits per heavy atom. The second-order valence-corrected chi connectivity index (χ2v) is 6.25. The van der Waals surface area contributed by atoms with Gasteiger partial charge in [0.05, 0.1) is 6.54 Å². The molecule has 2 rings (SSSR count). The SMILES string of the molecule is Cc1ccc(NC(=O)NCCOc2ccc(C(C)C)cc2)cc1C. The van der Waals surface area contributed by atoms with E-state index in [1.165, 1.54) is 11.1 Å². The Labute approximate surface area is 144 Å². The maximum Gasteiger partial charge on any atom is 0.319 e. The molecule has 0 atom stereocenters. The summed E-state index contributed by atoms with van der Waals surface area (Å²) in [5, 5.41) is 5.61. The standard InChI is InChI=1S/C20H26N2O2/c1-14(2)17-6-9-19(10-7-17)24-12-11-21-20(23)22-18-8-5-15(3)16(4)13-18/h5-10,13-14H,11-12H2,1-4H3,(H2,21,22,23). The number of aryl methyl sites for hydroxylation is 2. The summed E-state index contributed by atoms with van der Waals surface area (Å²) in [4.78, 5) is 11.9. The van der Waals surface area contributed by atoms with E-state index >= 15 is 0 Å². The first-order valence-corrected chi connectivity index (χ1v) is 8.30. The number of amides is 2. The van der Waals surface area contributed by atoms with E-state index in [-0.39, 0.29) is 6.03 Å². The normalized spacial score (nSPS) is 10.5. The first-order chi connectivity index (χ1) is 11.5. The molecule has 0 saturated heterocycles. The van der Waals surface area contributed by atoms with Gasteiger partial charge in [0.25, 0.3) is 0 Å². The quantitative estimate of drug-likeness (QED) is 0.761. The number of ether oxygens (including phenoxy) is 1. The Kier molecular flexibility index (Phi) is 6.24. The highest BCUT2D eigenvalue weighted by molar-refractivity contribution is 5.89. The molecule has 4 nitrogen and oxygen atoms in total. The average molecular weight is 326 g/mol. The monoisotopic (exact) mass is 326 g/mol. The molecule has 2 aromatic carbocycles. The van der Waals surface area contributed by atoms with Gasteiger partial charge in [0.2, 0.25) is 0 Å². The fourth-order valence-electron chi connectivity index (χ4n) is 2.28. The molecule has 2 N–H and O–H groups in total. The highest BCUT2D eigenvalue weighted by Gasteiger charge is 2.03. The number of hydrogen-bond donors (Lipinski definition) is 2. The summed E-state index contributed by atoms with van der Waals surface area (Å²) in [7, 11) is 0. The highest BCUT2D eigenvalue weighted by atomic mass is 16.5. The summed E-state index contributed by atoms with van der Waals surface area (Å²) >= 11 is 0. The van der Waals surface area contributed by atoms with E-state index < -0.39 is 0 Å². The molecule has 0 fully saturated rings. The predicted molar refractivity (Wildman–Crippen MR) is 99.0 cm³/mol. The van der Waals surface area contributed by atoms with Crippen molar-refractivity contribution in [3.8, 4) is 5.75 Å². The Morgan fingerprint density at radius 3 is 2.38 bits per heavy atom. The van der Waals surface area contributed by atoms with Crippen LogP contribution in [0.15, 0.2) is 42.5 Å². The largest absolute Gasteiger partial charge is 0.492 e. The molecule has 4 heteroatoms. The van der Waals surface area contributed by atoms with Gasteiger partial charge in [-0.15, -0.1) is 0 Å². The topological polar surface area (TPSA) is 50.4 Å². The number of rotatable bonds is 6. The van der Waals surface area contributed by atoms with E-state index in [0.29, 0.717) is 19.1 Å². The molecule has 0 heterocycles. The summed E-state index contributed by atoms with van der Waals surface area (Å²) in [6, 6.07) is 13.7. The van der Waals surface area contributed by atoms with E-state index in [0.717, 1.165) is 17.0 Å². The Bertz CT molecular complexity index is 679. The number of hydrogen-bond acceptors (Lipinski definition) is 2. The third kappa shape index (κ3) is 5.30. The van der Waals surface area contributed by atoms with E-state index in [9.17, 15) is 4.79 Å². The van der Waals surface area contributed by atoms with Gasteiger partial charge in [-0.2, -0.15) is 0 Å². The van der Waals surface area contributed by atoms with Gasteiger partial charge < -0.3 is 15.4 Å². The minimum atomic E-state index is -0.225. The Hall–Kier alpha value is -2.49. The molecular weight excluding hydrogens is 300 g/mol. The maximum atomic E-state index is 11.9. The predicted octanol–water partition coefficient (Wildman–Crippen LogP) is 4.63. The summed E-state index contributed by atoms with van der Waals surface area (Å²) in [6.07, 6.45) is 0. The van der Waals surface area contributed by atoms with Crippen molar-refractivity contribution in [2.75, 3.05) is 18.5 Å². The van der Waals surface area contributed by atoms with Crippen LogP contribution >= 0.6 is 0 Å². The summed E-state index contributed by atoms with van der Waals surface area (Å²) in [5.41, 5.74) is 4.44. The van der Waals surface area contributed by atoms with Crippen molar-refractivity contribution in [3.63, 3.8) is 0 Å². The van der Waals surface area contributed by atoms with Crippen molar-refractivity contribution in [1.29, 1.82) is 0 Å². The number of benzene rings is 2. The van der Waals surface area contributed by atoms with Crippen LogP contribution in [0, 0.1) is 13.8 Å². The molecule has 0 unspecified atom stereocenters. The van der Waals surface area contributed by atoms with Crippen LogP contribution in [0.2, 0.25) is 0 Å². The fraction of sp³-hybridized carbons (Fsp3) is 0.350. The summed E-state index contributed by atoms with van der Waals surface area (Å²) < 4.78 is 5.63. The van der Waals surface area contributed by atoms with Crippen LogP contribution in [0.25, 0.3) is 0 Å². The van der Waals surface area contributed by atoms with Gasteiger partial charge in [0.15, 0.2) is 0 Å². The molecule has 128 valence electrons. The Morgan fingerprint density at radius 2 is 1.75 bits per heavy atom. The minimum absolute atomic E-state index is 0.225. The van der Waals surface area contributed by atoms with Crippen molar-refractivity contribution in [3.05, 3.63) is 59.2 Å². The molecule has 24 heavy (non-hydrogen) atoms. The van der Waals surface area contributed by atoms with Crippen molar-refractivity contribution in [2.24, 2.45) is 0 Å². The maximum absolute atomic E-state index is 11.9. The molecule has 0 radical (unpaired) electrons. The number of urea groups is 1. The molecule has 0 saturated carbocycles. The molecule has 0 bridgehead atoms. The lowest BCUT2D eigenvalue weighted by Crippen LogP contribution is -2.32. The minimum Gasteiger partial charge on any atom is -0.492 e. The molecule has 0 spiro atoms. The zero-order valence-corrected chi connectivity index (χ0v) is 14.8. The molecule has 0 aliphatic carbocycles. The molecule has 2 aromatic rings. The molecule has 0 aliphatic heterocycles. The number of anilines is 1. The summed E-state index contributed by atoms with van der Waals surface area (Å²) in [6.45, 7) is 9.27. The van der Waals surface area contributed by atoms with Crippen LogP contribution in [0.3, 0.4) is 0 Å². The number of carbonyl (C=O) groups is 1. The lowest BCUT2D eigenvalue weighted by molar-refractivity contribution is 0.247. The van der Waals surface area contributed by atoms with Crippen LogP contribution in [0.1, 0.15) is 36.5 Å². The second kappa shape index (κ2) is 8.39. The van der Waals surface area contributed by atoms with Crippen LogP contribution in [-0.4, -0.2) is 19.2 Å². The number of carbonyl (C=O) groups excluding carboxylic acids is 1. The third-order valence-electron chi connectivity index (χ3n) is 3.97. The highest BCUT2D eigenvalue weighted by Crippen LogP contribution is 2.18. The van der Waals surface area contributed by atoms with Crippen LogP contribution in [-0.2, 0) is 0 Å². The molecule has 0 aliphatic rings. The van der Waals surface area contributed by atoms with E-state index in [1.807, 2.05) is 44.2 Å². The van der Waals surface area contributed by atoms with E-state index in [4.69, 9.17) is 4.74 Å². The van der Waals surface area contributed by atoms with Crippen LogP contribution in [0.5, 0.6) is 5.75 Å². The van der Waals surface area contributed by atoms with Crippen molar-refractivity contribution in [1.82, 2.24) is 5.32 Å². The van der Waals surface area contributed by atoms with Gasteiger partial charge in [-0.3, -0.25) is 0 Å². The van der Waals surface area contributed by atoms with Gasteiger partial charge in [-0.25, -0.2) is 4.79 Å². The number of nitrogens with one attached hydrogen (secondary N) is 2. The second-order valence-electron chi connectivity index (χ2n) is 6.25. The molecular formula is C20H26N2O2. The first kappa shape index (κ1) is 17.9. The third-order valence-corrected chi connectivity index (χ3v) is 3.97. The van der Waals surface area contributed by atoms with Crippen molar-refractivity contribution >= 4 is 11.7 Å². The van der Waals surface area contributed by atoms with Gasteiger partial charge in [0, 0.05) is 5.69 Å². The van der Waals surface area contributed by atoms with Crippen LogP contribution < -0.4 is 15.4 Å². The molecule has 2 amide bonds. The van der Waals surface area contributed by atoms with E-state index in [2.05, 4.69) is 36.6 Å². The Balaban J connectivity index is 1.71. The average Bonchev–Trinajstić information content (AvgIpc) is 2.55. The first-order valence-electron chi connectivity index (χ1n) is 8.30. The van der Waals surface area contributed by atoms with Gasteiger partial charge in [0.1, 0.15) is 12.4 Å². The van der Waals surface area contributed by atoms with Gasteiger partial charge >= 0.3 is 6.03 Å². The van der Waals surface area contributed by atoms with Crippen LogP contribution in [0.4, 0.5) is 10.5 Å². The van der Waals surface area contributed by atoms with Crippen molar-refractivity contribution < 1.29 is 9.53 Å². The zero-order valence-electron chi connectivity index (χ0n) is 14.8. The van der Waals surface area contributed by atoms with Crippen molar-refractivity contribution in [2.45, 2.75) is 33.6 Å². The lowest BCUT2D eigenvalue weighted by Gasteiger charge is -2.11. The smallest absolute Gasteiger partial charge is 0.319 e. The fourth-order valence-corrected chi connectivity index (χ4v) is 2.28. The summed E-state index contributed by atoms with van der Waals surface area (Å²) in [5.74, 6) is 1.32. The zero-order chi connectivity index (χ0) is 17.5. The lowest BCUT2D eigenvalue weighted by atomic mass is 10.0. The van der Waals surface area contributed by atoms with Gasteiger partial charge in [-0.05, 0) is 60.7 Å². The van der Waals surface area contributed by atoms with E-state index in [1.54, 1.807) is 0 Å².